The van der Waals surface area contributed by atoms with Crippen LogP contribution in [0.3, 0.4) is 0 Å². The third-order valence-electron chi connectivity index (χ3n) is 5.19. The van der Waals surface area contributed by atoms with E-state index in [9.17, 15) is 17.6 Å². The average Bonchev–Trinajstić information content (AvgIpc) is 3.58. The van der Waals surface area contributed by atoms with Crippen LogP contribution in [0.15, 0.2) is 36.0 Å². The molecule has 0 saturated heterocycles. The number of amides is 1. The maximum atomic E-state index is 14.9. The molecule has 1 saturated carbocycles. The van der Waals surface area contributed by atoms with E-state index in [0.29, 0.717) is 42.3 Å². The molecule has 10 nitrogen and oxygen atoms in total. The van der Waals surface area contributed by atoms with Crippen LogP contribution in [-0.2, 0) is 14.8 Å². The molecule has 13 heteroatoms. The van der Waals surface area contributed by atoms with Crippen LogP contribution in [-0.4, -0.2) is 60.1 Å². The van der Waals surface area contributed by atoms with Crippen LogP contribution in [0, 0.1) is 5.82 Å². The molecule has 0 bridgehead atoms. The Bertz CT molecular complexity index is 1330. The maximum absolute atomic E-state index is 14.9. The number of carbonyl (C=O) groups excluding carboxylic acids is 1. The summed E-state index contributed by atoms with van der Waals surface area (Å²) < 4.78 is 47.1. The van der Waals surface area contributed by atoms with E-state index in [2.05, 4.69) is 25.0 Å². The Morgan fingerprint density at radius 1 is 1.29 bits per heavy atom. The van der Waals surface area contributed by atoms with Gasteiger partial charge in [0.2, 0.25) is 21.8 Å². The zero-order chi connectivity index (χ0) is 25.2. The molecule has 2 heterocycles. The molecule has 0 aliphatic heterocycles. The first-order valence-corrected chi connectivity index (χ1v) is 13.3. The van der Waals surface area contributed by atoms with Crippen LogP contribution in [0.4, 0.5) is 15.2 Å². The normalized spacial score (nSPS) is 14.5. The van der Waals surface area contributed by atoms with E-state index < -0.39 is 27.8 Å². The van der Waals surface area contributed by atoms with Crippen molar-refractivity contribution >= 4 is 38.1 Å². The molecule has 1 fully saturated rings. The Morgan fingerprint density at radius 3 is 2.71 bits per heavy atom. The van der Waals surface area contributed by atoms with Gasteiger partial charge >= 0.3 is 0 Å². The number of likely N-dealkylation sites (N-methyl/N-ethyl adjacent to an activating group) is 1. The molecule has 1 amide bonds. The second-order valence-corrected chi connectivity index (χ2v) is 11.0. The largest absolute Gasteiger partial charge is 0.477 e. The number of aromatic nitrogens is 3. The number of benzene rings is 1. The van der Waals surface area contributed by atoms with E-state index in [0.717, 1.165) is 11.3 Å². The number of anilines is 2. The predicted molar refractivity (Wildman–Crippen MR) is 131 cm³/mol. The van der Waals surface area contributed by atoms with E-state index in [1.54, 1.807) is 30.4 Å². The van der Waals surface area contributed by atoms with Gasteiger partial charge in [-0.05, 0) is 46.0 Å². The molecule has 1 aliphatic rings. The Balaban J connectivity index is 1.50. The lowest BCUT2D eigenvalue weighted by Gasteiger charge is -2.22. The number of hydrogen-bond acceptors (Lipinski definition) is 9. The number of hydrogen-bond donors (Lipinski definition) is 2. The lowest BCUT2D eigenvalue weighted by Crippen LogP contribution is -2.32. The van der Waals surface area contributed by atoms with Gasteiger partial charge in [-0.25, -0.2) is 22.8 Å². The highest BCUT2D eigenvalue weighted by Crippen LogP contribution is 2.32. The fourth-order valence-electron chi connectivity index (χ4n) is 3.36. The lowest BCUT2D eigenvalue weighted by atomic mass is 10.1. The van der Waals surface area contributed by atoms with Gasteiger partial charge in [0.15, 0.2) is 5.13 Å². The zero-order valence-electron chi connectivity index (χ0n) is 19.4. The number of sulfonamides is 1. The molecular weight excluding hydrogens is 495 g/mol. The first-order chi connectivity index (χ1) is 16.7. The molecule has 186 valence electrons. The zero-order valence-corrected chi connectivity index (χ0v) is 21.0. The highest BCUT2D eigenvalue weighted by Gasteiger charge is 2.36. The van der Waals surface area contributed by atoms with Crippen LogP contribution in [0.2, 0.25) is 0 Å². The van der Waals surface area contributed by atoms with Gasteiger partial charge in [0.05, 0.1) is 41.3 Å². The van der Waals surface area contributed by atoms with Crippen molar-refractivity contribution in [3.05, 3.63) is 47.5 Å². The fraction of sp³-hybridized carbons (Fsp3) is 0.364. The minimum absolute atomic E-state index is 0.00980. The molecule has 1 aliphatic carbocycles. The number of halogens is 1. The summed E-state index contributed by atoms with van der Waals surface area (Å²) >= 11 is 1.09. The minimum atomic E-state index is -3.46. The predicted octanol–water partition coefficient (Wildman–Crippen LogP) is 3.28. The quantitative estimate of drug-likeness (QED) is 0.417. The maximum Gasteiger partial charge on any atom is 0.248 e. The van der Waals surface area contributed by atoms with Crippen LogP contribution in [0.5, 0.6) is 5.88 Å². The molecule has 2 N–H and O–H groups in total. The second-order valence-electron chi connectivity index (χ2n) is 8.15. The molecule has 35 heavy (non-hydrogen) atoms. The first-order valence-electron chi connectivity index (χ1n) is 10.9. The third-order valence-corrected chi connectivity index (χ3v) is 7.92. The summed E-state index contributed by atoms with van der Waals surface area (Å²) in [5.74, 6) is -0.825. The van der Waals surface area contributed by atoms with Crippen LogP contribution < -0.4 is 14.8 Å². The third kappa shape index (κ3) is 5.92. The van der Waals surface area contributed by atoms with Gasteiger partial charge in [-0.15, -0.1) is 11.3 Å². The molecular formula is C22H25FN6O4S2. The number of carbonyl (C=O) groups is 1. The Hall–Kier alpha value is -3.16. The lowest BCUT2D eigenvalue weighted by molar-refractivity contribution is -0.120. The summed E-state index contributed by atoms with van der Waals surface area (Å²) in [5.41, 5.74) is 1.25. The van der Waals surface area contributed by atoms with Crippen molar-refractivity contribution in [1.29, 1.82) is 0 Å². The van der Waals surface area contributed by atoms with E-state index in [1.807, 2.05) is 6.92 Å². The van der Waals surface area contributed by atoms with E-state index in [1.165, 1.54) is 24.5 Å². The summed E-state index contributed by atoms with van der Waals surface area (Å²) in [6.07, 6.45) is 4.23. The number of rotatable bonds is 10. The van der Waals surface area contributed by atoms with Gasteiger partial charge in [0.1, 0.15) is 11.9 Å². The van der Waals surface area contributed by atoms with Crippen LogP contribution in [0.25, 0.3) is 11.3 Å². The summed E-state index contributed by atoms with van der Waals surface area (Å²) in [5, 5.41) is 4.01. The van der Waals surface area contributed by atoms with Crippen molar-refractivity contribution in [3.63, 3.8) is 0 Å². The highest BCUT2D eigenvalue weighted by molar-refractivity contribution is 7.93. The molecule has 0 radical (unpaired) electrons. The van der Waals surface area contributed by atoms with Gasteiger partial charge in [0, 0.05) is 10.9 Å². The van der Waals surface area contributed by atoms with Gasteiger partial charge < -0.3 is 10.1 Å². The number of thiazole rings is 1. The minimum Gasteiger partial charge on any atom is -0.477 e. The summed E-state index contributed by atoms with van der Waals surface area (Å²) in [6, 6.07) is 3.46. The van der Waals surface area contributed by atoms with Gasteiger partial charge in [-0.3, -0.25) is 19.4 Å². The van der Waals surface area contributed by atoms with Crippen molar-refractivity contribution in [2.24, 2.45) is 0 Å². The van der Waals surface area contributed by atoms with Crippen molar-refractivity contribution in [1.82, 2.24) is 19.9 Å². The van der Waals surface area contributed by atoms with Crippen molar-refractivity contribution in [3.8, 4) is 17.1 Å². The molecule has 1 unspecified atom stereocenters. The van der Waals surface area contributed by atoms with E-state index >= 15 is 0 Å². The second kappa shape index (κ2) is 10.2. The first kappa shape index (κ1) is 24.9. The molecule has 1 atom stereocenters. The van der Waals surface area contributed by atoms with Crippen molar-refractivity contribution in [2.75, 3.05) is 30.7 Å². The summed E-state index contributed by atoms with van der Waals surface area (Å²) in [6.45, 7) is 2.25. The Kier molecular flexibility index (Phi) is 7.28. The van der Waals surface area contributed by atoms with Crippen molar-refractivity contribution in [2.45, 2.75) is 31.1 Å². The van der Waals surface area contributed by atoms with Gasteiger partial charge in [-0.1, -0.05) is 6.07 Å². The molecule has 2 aromatic heterocycles. The average molecular weight is 521 g/mol. The molecule has 4 rings (SSSR count). The number of nitrogens with zero attached hydrogens (tertiary/aromatic N) is 4. The monoisotopic (exact) mass is 520 g/mol. The molecule has 3 aromatic rings. The number of ether oxygens (including phenoxy) is 1. The van der Waals surface area contributed by atoms with Gasteiger partial charge in [-0.2, -0.15) is 0 Å². The number of nitrogens with one attached hydrogen (secondary N) is 2. The summed E-state index contributed by atoms with van der Waals surface area (Å²) in [7, 11) is -0.100. The van der Waals surface area contributed by atoms with Gasteiger partial charge in [0.25, 0.3) is 0 Å². The summed E-state index contributed by atoms with van der Waals surface area (Å²) in [4.78, 5) is 27.3. The Morgan fingerprint density at radius 2 is 2.06 bits per heavy atom. The molecule has 1 aromatic carbocycles. The van der Waals surface area contributed by atoms with E-state index in [-0.39, 0.29) is 16.1 Å². The highest BCUT2D eigenvalue weighted by atomic mass is 32.2. The molecule has 0 spiro atoms. The van der Waals surface area contributed by atoms with Crippen molar-refractivity contribution < 1.29 is 22.3 Å². The Labute approximate surface area is 206 Å². The SMILES string of the molecule is CCOc1cncc(-c2ccc(NC(=O)C(c3csc(NS(=O)(=O)C4CC4)n3)N(C)C)c(F)c2)n1. The van der Waals surface area contributed by atoms with Crippen LogP contribution >= 0.6 is 11.3 Å². The van der Waals surface area contributed by atoms with Crippen LogP contribution in [0.1, 0.15) is 31.5 Å². The topological polar surface area (TPSA) is 126 Å². The standard InChI is InChI=1S/C22H25FN6O4S2/c1-4-33-19-11-24-10-17(25-19)13-5-8-16(15(23)9-13)26-21(30)20(29(2)3)18-12-34-22(27-18)28-35(31,32)14-6-7-14/h5,8-12,14,20H,4,6-7H2,1-3H3,(H,26,30)(H,27,28). The van der Waals surface area contributed by atoms with E-state index in [4.69, 9.17) is 4.74 Å². The smallest absolute Gasteiger partial charge is 0.248 e. The fourth-order valence-corrected chi connectivity index (χ4v) is 5.68.